The van der Waals surface area contributed by atoms with Crippen molar-refractivity contribution in [1.82, 2.24) is 5.01 Å². The normalized spacial score (nSPS) is 20.3. The zero-order valence-electron chi connectivity index (χ0n) is 12.2. The number of nitrogens with zero attached hydrogens (tertiary/aromatic N) is 2. The van der Waals surface area contributed by atoms with Crippen molar-refractivity contribution in [2.75, 3.05) is 13.2 Å². The van der Waals surface area contributed by atoms with Crippen LogP contribution < -0.4 is 4.74 Å². The van der Waals surface area contributed by atoms with Crippen molar-refractivity contribution in [1.29, 1.82) is 0 Å². The van der Waals surface area contributed by atoms with Crippen LogP contribution in [0.25, 0.3) is 0 Å². The molecular weight excluding hydrogens is 296 g/mol. The number of benzene rings is 2. The number of fused-ring (bicyclic) bond motifs is 3. The molecule has 0 N–H and O–H groups in total. The number of rotatable bonds is 1. The van der Waals surface area contributed by atoms with E-state index in [1.807, 2.05) is 30.3 Å². The van der Waals surface area contributed by atoms with Gasteiger partial charge in [0.15, 0.2) is 0 Å². The van der Waals surface area contributed by atoms with Crippen LogP contribution >= 0.6 is 11.6 Å². The van der Waals surface area contributed by atoms with Gasteiger partial charge in [-0.1, -0.05) is 41.9 Å². The van der Waals surface area contributed by atoms with E-state index in [2.05, 4.69) is 23.2 Å². The van der Waals surface area contributed by atoms with Crippen molar-refractivity contribution < 1.29 is 4.74 Å². The highest BCUT2D eigenvalue weighted by molar-refractivity contribution is 6.30. The summed E-state index contributed by atoms with van der Waals surface area (Å²) < 4.78 is 5.90. The maximum atomic E-state index is 5.98. The monoisotopic (exact) mass is 312 g/mol. The molecule has 22 heavy (non-hydrogen) atoms. The molecule has 3 nitrogen and oxygen atoms in total. The Labute approximate surface area is 135 Å². The number of hydrazone groups is 1. The molecule has 0 saturated carbocycles. The van der Waals surface area contributed by atoms with E-state index >= 15 is 0 Å². The molecule has 112 valence electrons. The van der Waals surface area contributed by atoms with E-state index in [1.54, 1.807) is 0 Å². The molecule has 4 heteroatoms. The Kier molecular flexibility index (Phi) is 3.51. The maximum absolute atomic E-state index is 5.98. The lowest BCUT2D eigenvalue weighted by Crippen LogP contribution is -2.25. The van der Waals surface area contributed by atoms with E-state index < -0.39 is 0 Å². The van der Waals surface area contributed by atoms with E-state index in [0.717, 1.165) is 48.0 Å². The van der Waals surface area contributed by atoms with E-state index in [4.69, 9.17) is 21.4 Å². The Balaban J connectivity index is 1.69. The van der Waals surface area contributed by atoms with E-state index in [9.17, 15) is 0 Å². The molecule has 2 aromatic rings. The number of ether oxygens (including phenoxy) is 1. The van der Waals surface area contributed by atoms with Gasteiger partial charge in [0.1, 0.15) is 5.75 Å². The quantitative estimate of drug-likeness (QED) is 0.785. The molecule has 1 unspecified atom stereocenters. The second kappa shape index (κ2) is 5.65. The predicted molar refractivity (Wildman–Crippen MR) is 88.6 cm³/mol. The van der Waals surface area contributed by atoms with Crippen molar-refractivity contribution in [2.24, 2.45) is 5.10 Å². The summed E-state index contributed by atoms with van der Waals surface area (Å²) in [4.78, 5) is 0. The Hall–Kier alpha value is -2.00. The number of halogens is 1. The van der Waals surface area contributed by atoms with Crippen molar-refractivity contribution >= 4 is 17.3 Å². The minimum atomic E-state index is 0.266. The fourth-order valence-electron chi connectivity index (χ4n) is 3.14. The van der Waals surface area contributed by atoms with Gasteiger partial charge in [0.25, 0.3) is 0 Å². The molecule has 2 aliphatic heterocycles. The minimum absolute atomic E-state index is 0.266. The molecular formula is C18H17ClN2O. The molecule has 0 aromatic heterocycles. The second-order valence-corrected chi connectivity index (χ2v) is 6.11. The number of hydrogen-bond donors (Lipinski definition) is 0. The van der Waals surface area contributed by atoms with E-state index in [0.29, 0.717) is 0 Å². The summed E-state index contributed by atoms with van der Waals surface area (Å²) in [5.41, 5.74) is 3.50. The molecule has 2 aromatic carbocycles. The topological polar surface area (TPSA) is 24.8 Å². The van der Waals surface area contributed by atoms with Gasteiger partial charge < -0.3 is 4.74 Å². The number of para-hydroxylation sites is 1. The highest BCUT2D eigenvalue weighted by Gasteiger charge is 2.31. The second-order valence-electron chi connectivity index (χ2n) is 5.68. The van der Waals surface area contributed by atoms with Crippen LogP contribution in [0.15, 0.2) is 53.6 Å². The molecule has 4 rings (SSSR count). The van der Waals surface area contributed by atoms with Gasteiger partial charge in [-0.25, -0.2) is 0 Å². The third-order valence-electron chi connectivity index (χ3n) is 4.24. The average Bonchev–Trinajstić information content (AvgIpc) is 2.94. The maximum Gasteiger partial charge on any atom is 0.124 e. The Morgan fingerprint density at radius 2 is 1.91 bits per heavy atom. The summed E-state index contributed by atoms with van der Waals surface area (Å²) in [5, 5.41) is 7.83. The van der Waals surface area contributed by atoms with Crippen molar-refractivity contribution in [3.63, 3.8) is 0 Å². The van der Waals surface area contributed by atoms with Crippen LogP contribution in [0.5, 0.6) is 5.75 Å². The smallest absolute Gasteiger partial charge is 0.124 e. The molecule has 0 saturated heterocycles. The average molecular weight is 313 g/mol. The lowest BCUT2D eigenvalue weighted by Gasteiger charge is -2.28. The first kappa shape index (κ1) is 13.6. The van der Waals surface area contributed by atoms with Crippen LogP contribution in [0.1, 0.15) is 30.0 Å². The standard InChI is InChI=1S/C18H17ClN2O/c19-14-8-6-13(7-9-14)16-12-17-15-4-1-2-5-18(15)22-11-3-10-21(17)20-16/h1-2,4-9,17H,3,10-12H2. The van der Waals surface area contributed by atoms with Gasteiger partial charge in [0, 0.05) is 30.0 Å². The van der Waals surface area contributed by atoms with Crippen molar-refractivity contribution in [3.8, 4) is 5.75 Å². The van der Waals surface area contributed by atoms with Crippen LogP contribution in [0.3, 0.4) is 0 Å². The van der Waals surface area contributed by atoms with Crippen LogP contribution in [0.2, 0.25) is 5.02 Å². The lowest BCUT2D eigenvalue weighted by molar-refractivity contribution is 0.182. The van der Waals surface area contributed by atoms with Crippen LogP contribution in [-0.2, 0) is 0 Å². The lowest BCUT2D eigenvalue weighted by atomic mass is 9.97. The van der Waals surface area contributed by atoms with E-state index in [1.165, 1.54) is 5.56 Å². The summed E-state index contributed by atoms with van der Waals surface area (Å²) >= 11 is 5.98. The van der Waals surface area contributed by atoms with E-state index in [-0.39, 0.29) is 6.04 Å². The molecule has 1 atom stereocenters. The molecule has 0 aliphatic carbocycles. The fraction of sp³-hybridized carbons (Fsp3) is 0.278. The third-order valence-corrected chi connectivity index (χ3v) is 4.49. The van der Waals surface area contributed by atoms with Gasteiger partial charge in [-0.15, -0.1) is 0 Å². The highest BCUT2D eigenvalue weighted by Crippen LogP contribution is 2.38. The Morgan fingerprint density at radius 1 is 1.09 bits per heavy atom. The summed E-state index contributed by atoms with van der Waals surface area (Å²) in [6, 6.07) is 16.5. The zero-order chi connectivity index (χ0) is 14.9. The highest BCUT2D eigenvalue weighted by atomic mass is 35.5. The molecule has 2 heterocycles. The van der Waals surface area contributed by atoms with Crippen molar-refractivity contribution in [3.05, 3.63) is 64.7 Å². The number of hydrogen-bond acceptors (Lipinski definition) is 3. The largest absolute Gasteiger partial charge is 0.493 e. The third kappa shape index (κ3) is 2.46. The Bertz CT molecular complexity index is 711. The summed E-state index contributed by atoms with van der Waals surface area (Å²) in [6.07, 6.45) is 1.89. The molecule has 0 spiro atoms. The van der Waals surface area contributed by atoms with Crippen LogP contribution in [-0.4, -0.2) is 23.9 Å². The molecule has 0 fully saturated rings. The first-order chi connectivity index (χ1) is 10.8. The first-order valence-corrected chi connectivity index (χ1v) is 8.01. The van der Waals surface area contributed by atoms with Gasteiger partial charge in [-0.3, -0.25) is 5.01 Å². The van der Waals surface area contributed by atoms with Crippen molar-refractivity contribution in [2.45, 2.75) is 18.9 Å². The molecule has 0 amide bonds. The molecule has 2 aliphatic rings. The summed E-state index contributed by atoms with van der Waals surface area (Å²) in [7, 11) is 0. The fourth-order valence-corrected chi connectivity index (χ4v) is 3.27. The minimum Gasteiger partial charge on any atom is -0.493 e. The van der Waals surface area contributed by atoms with Gasteiger partial charge in [0.2, 0.25) is 0 Å². The van der Waals surface area contributed by atoms with Gasteiger partial charge in [0.05, 0.1) is 18.4 Å². The van der Waals surface area contributed by atoms with Crippen LogP contribution in [0.4, 0.5) is 0 Å². The first-order valence-electron chi connectivity index (χ1n) is 7.63. The van der Waals surface area contributed by atoms with Gasteiger partial charge >= 0.3 is 0 Å². The Morgan fingerprint density at radius 3 is 2.77 bits per heavy atom. The summed E-state index contributed by atoms with van der Waals surface area (Å²) in [6.45, 7) is 1.67. The van der Waals surface area contributed by atoms with Gasteiger partial charge in [-0.2, -0.15) is 5.10 Å². The SMILES string of the molecule is Clc1ccc(C2=NN3CCCOc4ccccc4C3C2)cc1. The predicted octanol–water partition coefficient (Wildman–Crippen LogP) is 4.27. The molecule has 0 bridgehead atoms. The summed E-state index contributed by atoms with van der Waals surface area (Å²) in [5.74, 6) is 0.991. The molecule has 0 radical (unpaired) electrons. The zero-order valence-corrected chi connectivity index (χ0v) is 13.0. The van der Waals surface area contributed by atoms with Gasteiger partial charge in [-0.05, 0) is 23.8 Å². The van der Waals surface area contributed by atoms with Crippen LogP contribution in [0, 0.1) is 0 Å².